The number of fused-ring (bicyclic) bond motifs is 1. The van der Waals surface area contributed by atoms with Crippen LogP contribution in [-0.2, 0) is 0 Å². The van der Waals surface area contributed by atoms with Crippen molar-refractivity contribution in [2.24, 2.45) is 0 Å². The van der Waals surface area contributed by atoms with Crippen molar-refractivity contribution < 1.29 is 4.79 Å². The van der Waals surface area contributed by atoms with Crippen molar-refractivity contribution in [1.29, 1.82) is 0 Å². The molecule has 3 rings (SSSR count). The van der Waals surface area contributed by atoms with Crippen LogP contribution in [0.5, 0.6) is 0 Å². The van der Waals surface area contributed by atoms with Crippen molar-refractivity contribution >= 4 is 39.8 Å². The Hall–Kier alpha value is -2.72. The van der Waals surface area contributed by atoms with Gasteiger partial charge in [0.25, 0.3) is 0 Å². The minimum absolute atomic E-state index is 0.365. The molecule has 110 valence electrons. The smallest absolute Gasteiger partial charge is 0.306 e. The van der Waals surface area contributed by atoms with E-state index in [2.05, 4.69) is 16.2 Å². The van der Waals surface area contributed by atoms with E-state index in [-0.39, 0.29) is 6.03 Å². The fourth-order valence-corrected chi connectivity index (χ4v) is 2.36. The highest BCUT2D eigenvalue weighted by molar-refractivity contribution is 6.33. The van der Waals surface area contributed by atoms with Crippen molar-refractivity contribution in [1.82, 2.24) is 5.43 Å². The Morgan fingerprint density at radius 3 is 2.36 bits per heavy atom. The first-order valence-corrected chi connectivity index (χ1v) is 7.17. The van der Waals surface area contributed by atoms with Crippen LogP contribution < -0.4 is 16.2 Å². The van der Waals surface area contributed by atoms with Gasteiger partial charge in [0.15, 0.2) is 0 Å². The van der Waals surface area contributed by atoms with Gasteiger partial charge in [-0.05, 0) is 23.6 Å². The average molecular weight is 312 g/mol. The topological polar surface area (TPSA) is 53.2 Å². The standard InChI is InChI=1S/C17H14ClN3O/c18-14-9-3-4-10-16(14)20-21-17(22)19-15-11-5-7-12-6-1-2-8-13(12)15/h1-11,20H,(H2,19,21,22). The minimum atomic E-state index is -0.365. The molecule has 3 aromatic rings. The Kier molecular flexibility index (Phi) is 4.12. The molecule has 0 spiro atoms. The zero-order valence-electron chi connectivity index (χ0n) is 11.6. The van der Waals surface area contributed by atoms with Gasteiger partial charge in [0.05, 0.1) is 16.4 Å². The van der Waals surface area contributed by atoms with E-state index >= 15 is 0 Å². The molecule has 2 amide bonds. The molecule has 22 heavy (non-hydrogen) atoms. The summed E-state index contributed by atoms with van der Waals surface area (Å²) >= 11 is 6.01. The zero-order valence-corrected chi connectivity index (χ0v) is 12.4. The van der Waals surface area contributed by atoms with Gasteiger partial charge in [0, 0.05) is 5.39 Å². The first-order valence-electron chi connectivity index (χ1n) is 6.79. The summed E-state index contributed by atoms with van der Waals surface area (Å²) < 4.78 is 0. The molecule has 0 aliphatic rings. The van der Waals surface area contributed by atoms with Crippen LogP contribution in [0.1, 0.15) is 0 Å². The third kappa shape index (κ3) is 3.13. The van der Waals surface area contributed by atoms with Crippen LogP contribution in [0.15, 0.2) is 66.7 Å². The maximum atomic E-state index is 12.0. The second kappa shape index (κ2) is 6.37. The molecule has 0 atom stereocenters. The van der Waals surface area contributed by atoms with Crippen molar-refractivity contribution in [3.63, 3.8) is 0 Å². The van der Waals surface area contributed by atoms with E-state index in [0.29, 0.717) is 10.7 Å². The lowest BCUT2D eigenvalue weighted by Gasteiger charge is -2.12. The number of amides is 2. The molecule has 0 bridgehead atoms. The molecule has 0 saturated heterocycles. The number of anilines is 2. The first-order chi connectivity index (χ1) is 10.7. The van der Waals surface area contributed by atoms with E-state index in [1.165, 1.54) is 0 Å². The summed E-state index contributed by atoms with van der Waals surface area (Å²) in [5.74, 6) is 0. The molecule has 0 fully saturated rings. The van der Waals surface area contributed by atoms with Gasteiger partial charge in [-0.3, -0.25) is 10.9 Å². The molecule has 3 N–H and O–H groups in total. The second-order valence-electron chi connectivity index (χ2n) is 4.71. The summed E-state index contributed by atoms with van der Waals surface area (Å²) in [6, 6.07) is 20.4. The third-order valence-corrected chi connectivity index (χ3v) is 3.55. The van der Waals surface area contributed by atoms with Crippen LogP contribution in [0, 0.1) is 0 Å². The number of nitrogens with one attached hydrogen (secondary N) is 3. The van der Waals surface area contributed by atoms with Gasteiger partial charge in [-0.2, -0.15) is 0 Å². The molecule has 0 aliphatic heterocycles. The van der Waals surface area contributed by atoms with Crippen molar-refractivity contribution in [2.45, 2.75) is 0 Å². The van der Waals surface area contributed by atoms with Gasteiger partial charge in [-0.15, -0.1) is 0 Å². The second-order valence-corrected chi connectivity index (χ2v) is 5.12. The summed E-state index contributed by atoms with van der Waals surface area (Å²) in [7, 11) is 0. The molecule has 0 heterocycles. The van der Waals surface area contributed by atoms with Crippen molar-refractivity contribution in [3.8, 4) is 0 Å². The number of hydrazine groups is 1. The third-order valence-electron chi connectivity index (χ3n) is 3.22. The van der Waals surface area contributed by atoms with Crippen LogP contribution in [0.2, 0.25) is 5.02 Å². The van der Waals surface area contributed by atoms with Crippen LogP contribution in [0.25, 0.3) is 10.8 Å². The molecule has 3 aromatic carbocycles. The minimum Gasteiger partial charge on any atom is -0.306 e. The molecular formula is C17H14ClN3O. The maximum Gasteiger partial charge on any atom is 0.337 e. The maximum absolute atomic E-state index is 12.0. The molecule has 0 unspecified atom stereocenters. The number of hydrogen-bond acceptors (Lipinski definition) is 2. The lowest BCUT2D eigenvalue weighted by atomic mass is 10.1. The Labute approximate surface area is 133 Å². The molecule has 0 aromatic heterocycles. The van der Waals surface area contributed by atoms with Gasteiger partial charge >= 0.3 is 6.03 Å². The highest BCUT2D eigenvalue weighted by atomic mass is 35.5. The predicted octanol–water partition coefficient (Wildman–Crippen LogP) is 4.64. The largest absolute Gasteiger partial charge is 0.337 e. The fourth-order valence-electron chi connectivity index (χ4n) is 2.17. The summed E-state index contributed by atoms with van der Waals surface area (Å²) in [6.07, 6.45) is 0. The van der Waals surface area contributed by atoms with Crippen LogP contribution >= 0.6 is 11.6 Å². The number of para-hydroxylation sites is 1. The number of benzene rings is 3. The normalized spacial score (nSPS) is 10.2. The highest BCUT2D eigenvalue weighted by Gasteiger charge is 2.05. The monoisotopic (exact) mass is 311 g/mol. The van der Waals surface area contributed by atoms with Gasteiger partial charge < -0.3 is 5.32 Å². The first kappa shape index (κ1) is 14.2. The molecule has 4 nitrogen and oxygen atoms in total. The molecule has 5 heteroatoms. The SMILES string of the molecule is O=C(NNc1ccccc1Cl)Nc1cccc2ccccc12. The van der Waals surface area contributed by atoms with E-state index in [1.807, 2.05) is 54.6 Å². The molecule has 0 radical (unpaired) electrons. The fraction of sp³-hybridized carbons (Fsp3) is 0. The summed E-state index contributed by atoms with van der Waals surface area (Å²) in [5.41, 5.74) is 6.74. The number of halogens is 1. The Balaban J connectivity index is 1.70. The van der Waals surface area contributed by atoms with E-state index in [4.69, 9.17) is 11.6 Å². The van der Waals surface area contributed by atoms with Crippen LogP contribution in [0.3, 0.4) is 0 Å². The Morgan fingerprint density at radius 1 is 0.818 bits per heavy atom. The van der Waals surface area contributed by atoms with E-state index in [9.17, 15) is 4.79 Å². The van der Waals surface area contributed by atoms with E-state index < -0.39 is 0 Å². The number of carbonyl (C=O) groups is 1. The Bertz CT molecular complexity index is 814. The summed E-state index contributed by atoms with van der Waals surface area (Å²) in [5, 5.41) is 5.41. The quantitative estimate of drug-likeness (QED) is 0.617. The van der Waals surface area contributed by atoms with E-state index in [1.54, 1.807) is 12.1 Å². The lowest BCUT2D eigenvalue weighted by Crippen LogP contribution is -2.33. The molecule has 0 saturated carbocycles. The van der Waals surface area contributed by atoms with Crippen molar-refractivity contribution in [3.05, 3.63) is 71.8 Å². The zero-order chi connectivity index (χ0) is 15.4. The van der Waals surface area contributed by atoms with Crippen molar-refractivity contribution in [2.75, 3.05) is 10.7 Å². The van der Waals surface area contributed by atoms with Gasteiger partial charge in [0.1, 0.15) is 0 Å². The highest BCUT2D eigenvalue weighted by Crippen LogP contribution is 2.23. The van der Waals surface area contributed by atoms with E-state index in [0.717, 1.165) is 16.5 Å². The Morgan fingerprint density at radius 2 is 1.50 bits per heavy atom. The molecular weight excluding hydrogens is 298 g/mol. The summed E-state index contributed by atoms with van der Waals surface area (Å²) in [4.78, 5) is 12.0. The lowest BCUT2D eigenvalue weighted by molar-refractivity contribution is 0.254. The number of carbonyl (C=O) groups excluding carboxylic acids is 1. The summed E-state index contributed by atoms with van der Waals surface area (Å²) in [6.45, 7) is 0. The van der Waals surface area contributed by atoms with Gasteiger partial charge in [0.2, 0.25) is 0 Å². The average Bonchev–Trinajstić information content (AvgIpc) is 2.54. The van der Waals surface area contributed by atoms with Gasteiger partial charge in [-0.25, -0.2) is 4.79 Å². The number of hydrogen-bond donors (Lipinski definition) is 3. The van der Waals surface area contributed by atoms with Gasteiger partial charge in [-0.1, -0.05) is 60.1 Å². The van der Waals surface area contributed by atoms with Crippen LogP contribution in [-0.4, -0.2) is 6.03 Å². The van der Waals surface area contributed by atoms with Crippen LogP contribution in [0.4, 0.5) is 16.2 Å². The molecule has 0 aliphatic carbocycles. The number of urea groups is 1. The predicted molar refractivity (Wildman–Crippen MR) is 91.2 cm³/mol. The number of rotatable bonds is 3.